The monoisotopic (exact) mass is 276 g/mol. The van der Waals surface area contributed by atoms with E-state index in [4.69, 9.17) is 0 Å². The van der Waals surface area contributed by atoms with Gasteiger partial charge in [0.1, 0.15) is 0 Å². The summed E-state index contributed by atoms with van der Waals surface area (Å²) in [4.78, 5) is 10.5. The van der Waals surface area contributed by atoms with Crippen molar-refractivity contribution >= 4 is 28.2 Å². The molecular formula is C13H10NOSe. The van der Waals surface area contributed by atoms with Crippen molar-refractivity contribution in [3.05, 3.63) is 54.1 Å². The van der Waals surface area contributed by atoms with Crippen LogP contribution >= 0.6 is 0 Å². The zero-order valence-corrected chi connectivity index (χ0v) is 10.2. The van der Waals surface area contributed by atoms with E-state index in [2.05, 4.69) is 20.6 Å². The van der Waals surface area contributed by atoms with E-state index >= 15 is 0 Å². The van der Waals surface area contributed by atoms with Crippen LogP contribution in [-0.4, -0.2) is 22.5 Å². The van der Waals surface area contributed by atoms with Gasteiger partial charge in [0.2, 0.25) is 0 Å². The molecule has 79 valence electrons. The molecule has 2 nitrogen and oxygen atoms in total. The molecule has 16 heavy (non-hydrogen) atoms. The fourth-order valence-electron chi connectivity index (χ4n) is 1.48. The van der Waals surface area contributed by atoms with Crippen molar-refractivity contribution in [2.24, 2.45) is 0 Å². The summed E-state index contributed by atoms with van der Waals surface area (Å²) in [5.74, 6) is 0. The van der Waals surface area contributed by atoms with Gasteiger partial charge >= 0.3 is 103 Å². The van der Waals surface area contributed by atoms with E-state index in [1.54, 1.807) is 0 Å². The predicted octanol–water partition coefficient (Wildman–Crippen LogP) is 2.66. The topological polar surface area (TPSA) is 29.1 Å². The van der Waals surface area contributed by atoms with E-state index in [1.165, 1.54) is 0 Å². The molecule has 0 atom stereocenters. The summed E-state index contributed by atoms with van der Waals surface area (Å²) in [5, 5.41) is 0. The molecule has 2 rings (SSSR count). The Bertz CT molecular complexity index is 476. The van der Waals surface area contributed by atoms with Gasteiger partial charge in [-0.15, -0.1) is 0 Å². The Morgan fingerprint density at radius 1 is 0.875 bits per heavy atom. The van der Waals surface area contributed by atoms with Gasteiger partial charge in [-0.25, -0.2) is 0 Å². The minimum atomic E-state index is 0.699. The average molecular weight is 275 g/mol. The van der Waals surface area contributed by atoms with Gasteiger partial charge in [-0.3, -0.25) is 0 Å². The summed E-state index contributed by atoms with van der Waals surface area (Å²) in [6.45, 7) is 0. The molecule has 0 aliphatic rings. The maximum atomic E-state index is 10.5. The van der Waals surface area contributed by atoms with Crippen molar-refractivity contribution in [1.29, 1.82) is 0 Å². The van der Waals surface area contributed by atoms with E-state index in [-0.39, 0.29) is 0 Å². The van der Waals surface area contributed by atoms with Crippen LogP contribution < -0.4 is 4.33 Å². The van der Waals surface area contributed by atoms with Gasteiger partial charge in [0.05, 0.1) is 0 Å². The maximum absolute atomic E-state index is 10.5. The fraction of sp³-hybridized carbons (Fsp3) is 0. The minimum absolute atomic E-state index is 0.699. The molecule has 2 aromatic carbocycles. The molecule has 0 saturated heterocycles. The van der Waals surface area contributed by atoms with Crippen LogP contribution in [0.25, 0.3) is 11.1 Å². The van der Waals surface area contributed by atoms with Crippen molar-refractivity contribution in [1.82, 2.24) is 0 Å². The first-order valence-electron chi connectivity index (χ1n) is 4.87. The zero-order valence-electron chi connectivity index (χ0n) is 8.51. The molecule has 3 heteroatoms. The summed E-state index contributed by atoms with van der Waals surface area (Å²) in [7, 11) is 0. The number of hydrogen-bond acceptors (Lipinski definition) is 2. The Kier molecular flexibility index (Phi) is 3.40. The van der Waals surface area contributed by atoms with Gasteiger partial charge in [0, 0.05) is 0 Å². The molecule has 0 amide bonds. The van der Waals surface area contributed by atoms with Crippen molar-refractivity contribution < 1.29 is 4.79 Å². The van der Waals surface area contributed by atoms with Crippen molar-refractivity contribution in [3.8, 4) is 11.1 Å². The number of anilines is 1. The van der Waals surface area contributed by atoms with Crippen LogP contribution in [0.15, 0.2) is 48.5 Å². The quantitative estimate of drug-likeness (QED) is 0.689. The second-order valence-electron chi connectivity index (χ2n) is 3.42. The Morgan fingerprint density at radius 2 is 1.38 bits per heavy atom. The summed E-state index contributed by atoms with van der Waals surface area (Å²) < 4.78 is 2.95. The second kappa shape index (κ2) is 4.97. The molecule has 1 radical (unpaired) electrons. The predicted molar refractivity (Wildman–Crippen MR) is 66.6 cm³/mol. The van der Waals surface area contributed by atoms with E-state index in [1.807, 2.05) is 48.5 Å². The number of carbonyl (C=O) groups is 1. The summed E-state index contributed by atoms with van der Waals surface area (Å²) in [6, 6.07) is 15.6. The molecular weight excluding hydrogens is 265 g/mol. The first-order chi connectivity index (χ1) is 7.83. The molecule has 0 saturated carbocycles. The fourth-order valence-corrected chi connectivity index (χ4v) is 1.77. The molecule has 0 aliphatic heterocycles. The summed E-state index contributed by atoms with van der Waals surface area (Å²) >= 11 is 2.74. The number of benzene rings is 2. The van der Waals surface area contributed by atoms with Crippen LogP contribution in [-0.2, 0) is 0 Å². The second-order valence-corrected chi connectivity index (χ2v) is 3.85. The first-order valence-corrected chi connectivity index (χ1v) is 5.73. The third-order valence-electron chi connectivity index (χ3n) is 2.38. The van der Waals surface area contributed by atoms with Gasteiger partial charge in [-0.2, -0.15) is 0 Å². The average Bonchev–Trinajstić information content (AvgIpc) is 2.39. The molecule has 0 aliphatic carbocycles. The number of rotatable bonds is 3. The van der Waals surface area contributed by atoms with Crippen LogP contribution in [0.3, 0.4) is 0 Å². The summed E-state index contributed by atoms with van der Waals surface area (Å²) in [6.07, 6.45) is 0.851. The zero-order chi connectivity index (χ0) is 11.4. The number of aldehydes is 1. The number of nitrogens with one attached hydrogen (secondary N) is 1. The summed E-state index contributed by atoms with van der Waals surface area (Å²) in [5.41, 5.74) is 3.98. The van der Waals surface area contributed by atoms with Crippen LogP contribution in [0.2, 0.25) is 0 Å². The number of carbonyl (C=O) groups excluding carboxylic acids is 1. The first kappa shape index (κ1) is 10.9. The normalized spacial score (nSPS) is 9.81. The van der Waals surface area contributed by atoms with Crippen LogP contribution in [0.4, 0.5) is 5.69 Å². The number of hydrogen-bond donors (Lipinski definition) is 1. The molecule has 0 bridgehead atoms. The van der Waals surface area contributed by atoms with E-state index in [0.717, 1.165) is 23.1 Å². The van der Waals surface area contributed by atoms with E-state index in [9.17, 15) is 4.79 Å². The molecule has 2 aromatic rings. The van der Waals surface area contributed by atoms with Gasteiger partial charge in [-0.05, 0) is 0 Å². The Morgan fingerprint density at radius 3 is 1.81 bits per heavy atom. The van der Waals surface area contributed by atoms with Crippen molar-refractivity contribution in [2.75, 3.05) is 4.33 Å². The molecule has 1 N–H and O–H groups in total. The standard InChI is InChI=1S/C13H10NOSe/c15-9-10-1-3-11(4-2-10)12-5-7-13(14-16)8-6-12/h1-9,14H. The van der Waals surface area contributed by atoms with Gasteiger partial charge in [0.25, 0.3) is 0 Å². The molecule has 0 heterocycles. The van der Waals surface area contributed by atoms with E-state index < -0.39 is 0 Å². The van der Waals surface area contributed by atoms with Gasteiger partial charge in [0.15, 0.2) is 0 Å². The van der Waals surface area contributed by atoms with E-state index in [0.29, 0.717) is 5.56 Å². The molecule has 0 fully saturated rings. The Labute approximate surface area is 103 Å². The third-order valence-corrected chi connectivity index (χ3v) is 2.88. The van der Waals surface area contributed by atoms with Crippen molar-refractivity contribution in [2.45, 2.75) is 0 Å². The molecule has 0 aromatic heterocycles. The van der Waals surface area contributed by atoms with Crippen molar-refractivity contribution in [3.63, 3.8) is 0 Å². The van der Waals surface area contributed by atoms with Gasteiger partial charge < -0.3 is 0 Å². The molecule has 0 unspecified atom stereocenters. The van der Waals surface area contributed by atoms with Gasteiger partial charge in [-0.1, -0.05) is 0 Å². The Balaban J connectivity index is 2.31. The Hall–Kier alpha value is -1.57. The third kappa shape index (κ3) is 2.32. The van der Waals surface area contributed by atoms with Crippen LogP contribution in [0.5, 0.6) is 0 Å². The van der Waals surface area contributed by atoms with Crippen LogP contribution in [0.1, 0.15) is 10.4 Å². The molecule has 0 spiro atoms. The van der Waals surface area contributed by atoms with Crippen LogP contribution in [0, 0.1) is 0 Å². The SMILES string of the molecule is O=Cc1ccc(-c2ccc(N[Se])cc2)cc1.